The number of primary amides is 2. The Labute approximate surface area is 413 Å². The van der Waals surface area contributed by atoms with Gasteiger partial charge < -0.3 is 11.5 Å². The van der Waals surface area contributed by atoms with Crippen LogP contribution in [0.5, 0.6) is 0 Å². The molecule has 0 spiro atoms. The van der Waals surface area contributed by atoms with Crippen molar-refractivity contribution >= 4 is 11.8 Å². The summed E-state index contributed by atoms with van der Waals surface area (Å²) < 4.78 is 0. The Bertz CT molecular complexity index is 1050. The predicted octanol–water partition coefficient (Wildman–Crippen LogP) is 20.0. The molecule has 0 saturated carbocycles. The van der Waals surface area contributed by atoms with E-state index in [1.54, 1.807) is 11.1 Å². The van der Waals surface area contributed by atoms with E-state index in [1.165, 1.54) is 308 Å². The highest BCUT2D eigenvalue weighted by Crippen LogP contribution is 2.20. The van der Waals surface area contributed by atoms with E-state index in [0.29, 0.717) is 12.8 Å². The molecule has 0 aliphatic rings. The number of benzene rings is 1. The van der Waals surface area contributed by atoms with Crippen LogP contribution >= 0.6 is 0 Å². The topological polar surface area (TPSA) is 86.2 Å². The van der Waals surface area contributed by atoms with Crippen LogP contribution in [-0.4, -0.2) is 11.8 Å². The van der Waals surface area contributed by atoms with Crippen LogP contribution in [0.3, 0.4) is 0 Å². The van der Waals surface area contributed by atoms with E-state index in [4.69, 9.17) is 11.5 Å². The molecule has 1 aromatic rings. The van der Waals surface area contributed by atoms with E-state index in [0.717, 1.165) is 25.7 Å². The summed E-state index contributed by atoms with van der Waals surface area (Å²) in [6.07, 6.45) is 73.3. The van der Waals surface area contributed by atoms with Gasteiger partial charge in [0.05, 0.1) is 0 Å². The van der Waals surface area contributed by atoms with Gasteiger partial charge in [0.1, 0.15) is 0 Å². The van der Waals surface area contributed by atoms with E-state index in [1.807, 2.05) is 0 Å². The van der Waals surface area contributed by atoms with Gasteiger partial charge in [-0.25, -0.2) is 0 Å². The molecule has 2 amide bonds. The fourth-order valence-electron chi connectivity index (χ4n) is 10.3. The van der Waals surface area contributed by atoms with Crippen molar-refractivity contribution in [3.8, 4) is 0 Å². The smallest absolute Gasteiger partial charge is 0.217 e. The van der Waals surface area contributed by atoms with Crippen molar-refractivity contribution in [2.45, 2.75) is 347 Å². The summed E-state index contributed by atoms with van der Waals surface area (Å²) in [4.78, 5) is 21.5. The van der Waals surface area contributed by atoms with Crippen LogP contribution < -0.4 is 11.5 Å². The first-order valence-electron chi connectivity index (χ1n) is 30.2. The van der Waals surface area contributed by atoms with E-state index in [9.17, 15) is 9.59 Å². The Morgan fingerprint density at radius 2 is 0.394 bits per heavy atom. The molecule has 0 aliphatic heterocycles. The van der Waals surface area contributed by atoms with Crippen LogP contribution in [0.4, 0.5) is 0 Å². The van der Waals surface area contributed by atoms with Crippen LogP contribution in [-0.2, 0) is 22.4 Å². The molecular weight excluding hydrogens is 805 g/mol. The summed E-state index contributed by atoms with van der Waals surface area (Å²) in [7, 11) is 0. The number of aryl methyl sites for hydroxylation is 2. The molecule has 4 N–H and O–H groups in total. The molecule has 4 nitrogen and oxygen atoms in total. The zero-order valence-corrected chi connectivity index (χ0v) is 44.5. The van der Waals surface area contributed by atoms with Crippen molar-refractivity contribution in [3.05, 3.63) is 35.4 Å². The Balaban J connectivity index is 1.74. The van der Waals surface area contributed by atoms with Crippen LogP contribution in [0.2, 0.25) is 0 Å². The SMILES string of the molecule is NC(=O)CCCCCCCCCCCCCCCCCCCCCCCCCCCc1cccc(CCCCCCCCCCCCCCCCCCCCCCCCCCCC(N)=O)c1. The Kier molecular flexibility index (Phi) is 49.5. The Morgan fingerprint density at radius 1 is 0.242 bits per heavy atom. The van der Waals surface area contributed by atoms with Gasteiger partial charge in [-0.05, 0) is 49.7 Å². The standard InChI is InChI=1S/C62H116N2O2/c63-61(65)56-49-45-41-37-33-29-25-21-17-13-9-5-1-3-7-11-15-19-23-27-31-35-39-43-47-52-59-54-51-55-60(58-59)53-48-44-40-36-32-28-24-20-16-12-8-4-2-6-10-14-18-22-26-30-34-38-42-46-50-57-62(64)66/h51,54-55,58H,1-50,52-53,56-57H2,(H2,63,65)(H2,64,66). The van der Waals surface area contributed by atoms with E-state index in [2.05, 4.69) is 24.3 Å². The van der Waals surface area contributed by atoms with Gasteiger partial charge in [-0.2, -0.15) is 0 Å². The van der Waals surface area contributed by atoms with Crippen molar-refractivity contribution < 1.29 is 9.59 Å². The lowest BCUT2D eigenvalue weighted by molar-refractivity contribution is -0.119. The molecule has 0 unspecified atom stereocenters. The fourth-order valence-corrected chi connectivity index (χ4v) is 10.3. The summed E-state index contributed by atoms with van der Waals surface area (Å²) in [5.41, 5.74) is 13.5. The summed E-state index contributed by atoms with van der Waals surface area (Å²) in [6, 6.07) is 9.56. The van der Waals surface area contributed by atoms with Crippen LogP contribution in [0, 0.1) is 0 Å². The number of hydrogen-bond donors (Lipinski definition) is 2. The molecule has 0 radical (unpaired) electrons. The van der Waals surface area contributed by atoms with Gasteiger partial charge in [0.2, 0.25) is 11.8 Å². The average Bonchev–Trinajstić information content (AvgIpc) is 3.31. The third-order valence-corrected chi connectivity index (χ3v) is 14.8. The maximum Gasteiger partial charge on any atom is 0.217 e. The van der Waals surface area contributed by atoms with E-state index < -0.39 is 0 Å². The van der Waals surface area contributed by atoms with Crippen LogP contribution in [0.1, 0.15) is 345 Å². The highest BCUT2D eigenvalue weighted by Gasteiger charge is 2.02. The van der Waals surface area contributed by atoms with Crippen molar-refractivity contribution in [1.82, 2.24) is 0 Å². The minimum absolute atomic E-state index is 0.149. The maximum absolute atomic E-state index is 10.8. The second-order valence-electron chi connectivity index (χ2n) is 21.4. The van der Waals surface area contributed by atoms with Gasteiger partial charge in [-0.1, -0.05) is 320 Å². The predicted molar refractivity (Wildman–Crippen MR) is 292 cm³/mol. The summed E-state index contributed by atoms with van der Waals surface area (Å²) in [5.74, 6) is -0.299. The molecule has 0 aromatic heterocycles. The third kappa shape index (κ3) is 50.0. The minimum atomic E-state index is -0.149. The van der Waals surface area contributed by atoms with Crippen molar-refractivity contribution in [2.75, 3.05) is 0 Å². The number of nitrogens with two attached hydrogens (primary N) is 2. The summed E-state index contributed by atoms with van der Waals surface area (Å²) >= 11 is 0. The molecule has 1 aromatic carbocycles. The molecule has 0 fully saturated rings. The largest absolute Gasteiger partial charge is 0.370 e. The van der Waals surface area contributed by atoms with Gasteiger partial charge in [0, 0.05) is 12.8 Å². The fraction of sp³-hybridized carbons (Fsp3) is 0.871. The maximum atomic E-state index is 10.8. The second kappa shape index (κ2) is 52.5. The lowest BCUT2D eigenvalue weighted by Crippen LogP contribution is -2.09. The van der Waals surface area contributed by atoms with Gasteiger partial charge in [0.15, 0.2) is 0 Å². The summed E-state index contributed by atoms with van der Waals surface area (Å²) in [5, 5.41) is 0. The molecule has 0 saturated heterocycles. The van der Waals surface area contributed by atoms with Crippen LogP contribution in [0.25, 0.3) is 0 Å². The first-order valence-corrected chi connectivity index (χ1v) is 30.2. The van der Waals surface area contributed by atoms with Gasteiger partial charge in [-0.15, -0.1) is 0 Å². The summed E-state index contributed by atoms with van der Waals surface area (Å²) in [6.45, 7) is 0. The molecule has 0 atom stereocenters. The second-order valence-corrected chi connectivity index (χ2v) is 21.4. The number of carbonyl (C=O) groups excluding carboxylic acids is 2. The van der Waals surface area contributed by atoms with Crippen LogP contribution in [0.15, 0.2) is 24.3 Å². The number of rotatable bonds is 56. The number of carbonyl (C=O) groups is 2. The van der Waals surface area contributed by atoms with E-state index >= 15 is 0 Å². The zero-order chi connectivity index (χ0) is 47.3. The first-order chi connectivity index (χ1) is 32.6. The lowest BCUT2D eigenvalue weighted by Gasteiger charge is -2.07. The van der Waals surface area contributed by atoms with Gasteiger partial charge in [-0.3, -0.25) is 9.59 Å². The quantitative estimate of drug-likeness (QED) is 0.0638. The molecular formula is C62H116N2O2. The number of amides is 2. The van der Waals surface area contributed by atoms with Gasteiger partial charge >= 0.3 is 0 Å². The van der Waals surface area contributed by atoms with Crippen molar-refractivity contribution in [1.29, 1.82) is 0 Å². The number of unbranched alkanes of at least 4 members (excludes halogenated alkanes) is 48. The molecule has 4 heteroatoms. The molecule has 0 heterocycles. The van der Waals surface area contributed by atoms with Crippen molar-refractivity contribution in [2.24, 2.45) is 11.5 Å². The molecule has 0 bridgehead atoms. The van der Waals surface area contributed by atoms with Crippen molar-refractivity contribution in [3.63, 3.8) is 0 Å². The first kappa shape index (κ1) is 62.2. The Morgan fingerprint density at radius 3 is 0.561 bits per heavy atom. The minimum Gasteiger partial charge on any atom is -0.370 e. The molecule has 0 aliphatic carbocycles. The third-order valence-electron chi connectivity index (χ3n) is 14.8. The lowest BCUT2D eigenvalue weighted by atomic mass is 9.99. The molecule has 386 valence electrons. The normalized spacial score (nSPS) is 11.5. The highest BCUT2D eigenvalue weighted by molar-refractivity contribution is 5.73. The van der Waals surface area contributed by atoms with Gasteiger partial charge in [0.25, 0.3) is 0 Å². The number of hydrogen-bond acceptors (Lipinski definition) is 2. The molecule has 1 rings (SSSR count). The van der Waals surface area contributed by atoms with E-state index in [-0.39, 0.29) is 11.8 Å². The molecule has 66 heavy (non-hydrogen) atoms. The Hall–Kier alpha value is -1.84. The monoisotopic (exact) mass is 921 g/mol. The highest BCUT2D eigenvalue weighted by atomic mass is 16.1. The zero-order valence-electron chi connectivity index (χ0n) is 44.5. The average molecular weight is 922 g/mol.